The number of aromatic nitrogens is 1. The number of fused-ring (bicyclic) bond motifs is 1. The number of benzene rings is 2. The minimum atomic E-state index is -6.09. The van der Waals surface area contributed by atoms with Gasteiger partial charge >= 0.3 is 17.2 Å². The van der Waals surface area contributed by atoms with E-state index >= 15 is 0 Å². The fourth-order valence-corrected chi connectivity index (χ4v) is 2.80. The lowest BCUT2D eigenvalue weighted by Crippen LogP contribution is -2.55. The zero-order chi connectivity index (χ0) is 20.0. The minimum Gasteiger partial charge on any atom is -0.354 e. The number of carbonyl (C=O) groups excluding carboxylic acids is 1. The number of H-pyrrole nitrogens is 1. The van der Waals surface area contributed by atoms with E-state index in [0.717, 1.165) is 0 Å². The Hall–Kier alpha value is -2.48. The number of alkyl halides is 7. The van der Waals surface area contributed by atoms with Crippen molar-refractivity contribution in [3.05, 3.63) is 60.2 Å². The van der Waals surface area contributed by atoms with Crippen molar-refractivity contribution in [3.8, 4) is 11.3 Å². The first kappa shape index (κ1) is 19.3. The lowest BCUT2D eigenvalue weighted by molar-refractivity contribution is -0.256. The highest BCUT2D eigenvalue weighted by Crippen LogP contribution is 2.50. The standard InChI is InChI=1S/C18H10ClF6NO/c19-18(24,25)17(22,23)16(20,21)15(27)13-11-8-4-5-9-12(11)26-14(13)10-6-2-1-3-7-10/h1-9,26H. The van der Waals surface area contributed by atoms with Crippen molar-refractivity contribution in [2.75, 3.05) is 0 Å². The average Bonchev–Trinajstić information content (AvgIpc) is 3.00. The van der Waals surface area contributed by atoms with Gasteiger partial charge < -0.3 is 4.98 Å². The predicted octanol–water partition coefficient (Wildman–Crippen LogP) is 6.12. The van der Waals surface area contributed by atoms with Crippen molar-refractivity contribution in [3.63, 3.8) is 0 Å². The normalized spacial score (nSPS) is 13.1. The molecular formula is C18H10ClF6NO. The molecule has 3 rings (SSSR count). The summed E-state index contributed by atoms with van der Waals surface area (Å²) in [6.45, 7) is 0. The second-order valence-corrected chi connectivity index (χ2v) is 6.24. The molecule has 0 aliphatic rings. The molecule has 3 aromatic rings. The van der Waals surface area contributed by atoms with Gasteiger partial charge in [-0.25, -0.2) is 0 Å². The third-order valence-electron chi connectivity index (χ3n) is 4.03. The van der Waals surface area contributed by atoms with Crippen LogP contribution in [0.25, 0.3) is 22.2 Å². The smallest absolute Gasteiger partial charge is 0.354 e. The van der Waals surface area contributed by atoms with Crippen LogP contribution >= 0.6 is 11.6 Å². The van der Waals surface area contributed by atoms with E-state index in [-0.39, 0.29) is 22.2 Å². The van der Waals surface area contributed by atoms with Gasteiger partial charge in [-0.3, -0.25) is 4.79 Å². The van der Waals surface area contributed by atoms with Crippen LogP contribution in [0.3, 0.4) is 0 Å². The molecule has 0 spiro atoms. The van der Waals surface area contributed by atoms with Gasteiger partial charge in [0.05, 0.1) is 11.3 Å². The molecular weight excluding hydrogens is 396 g/mol. The van der Waals surface area contributed by atoms with Crippen LogP contribution in [-0.2, 0) is 0 Å². The van der Waals surface area contributed by atoms with E-state index in [1.165, 1.54) is 48.5 Å². The van der Waals surface area contributed by atoms with Crippen LogP contribution in [0.4, 0.5) is 26.3 Å². The van der Waals surface area contributed by atoms with E-state index in [0.29, 0.717) is 0 Å². The summed E-state index contributed by atoms with van der Waals surface area (Å²) in [7, 11) is 0. The summed E-state index contributed by atoms with van der Waals surface area (Å²) in [5.74, 6) is -14.3. The van der Waals surface area contributed by atoms with Crippen molar-refractivity contribution < 1.29 is 31.1 Å². The summed E-state index contributed by atoms with van der Waals surface area (Å²) < 4.78 is 81.5. The minimum absolute atomic E-state index is 0.102. The zero-order valence-electron chi connectivity index (χ0n) is 13.3. The molecule has 2 nitrogen and oxygen atoms in total. The maximum absolute atomic E-state index is 14.2. The van der Waals surface area contributed by atoms with Gasteiger partial charge in [-0.15, -0.1) is 0 Å². The Balaban J connectivity index is 2.26. The Morgan fingerprint density at radius 3 is 2.00 bits per heavy atom. The molecule has 0 radical (unpaired) electrons. The van der Waals surface area contributed by atoms with Gasteiger partial charge in [0.1, 0.15) is 0 Å². The van der Waals surface area contributed by atoms with Gasteiger partial charge in [0.25, 0.3) is 0 Å². The molecule has 9 heteroatoms. The number of Topliss-reactive ketones (excluding diaryl/α,β-unsaturated/α-hetero) is 1. The SMILES string of the molecule is O=C(c1c(-c2ccccc2)[nH]c2ccccc12)C(F)(F)C(F)(F)C(F)(F)Cl. The van der Waals surface area contributed by atoms with E-state index in [9.17, 15) is 31.1 Å². The number of hydrogen-bond donors (Lipinski definition) is 1. The molecule has 142 valence electrons. The number of rotatable bonds is 5. The number of ketones is 1. The molecule has 0 fully saturated rings. The van der Waals surface area contributed by atoms with Crippen LogP contribution in [-0.4, -0.2) is 28.0 Å². The first-order valence-electron chi connectivity index (χ1n) is 7.52. The first-order valence-corrected chi connectivity index (χ1v) is 7.89. The lowest BCUT2D eigenvalue weighted by Gasteiger charge is -2.28. The third kappa shape index (κ3) is 2.97. The van der Waals surface area contributed by atoms with E-state index in [1.54, 1.807) is 6.07 Å². The second-order valence-electron chi connectivity index (χ2n) is 5.76. The van der Waals surface area contributed by atoms with Crippen molar-refractivity contribution >= 4 is 28.3 Å². The quantitative estimate of drug-likeness (QED) is 0.309. The molecule has 0 unspecified atom stereocenters. The van der Waals surface area contributed by atoms with Crippen molar-refractivity contribution in [1.82, 2.24) is 4.98 Å². The summed E-state index contributed by atoms with van der Waals surface area (Å²) in [6, 6.07) is 13.2. The maximum Gasteiger partial charge on any atom is 0.394 e. The van der Waals surface area contributed by atoms with Crippen LogP contribution in [0.15, 0.2) is 54.6 Å². The van der Waals surface area contributed by atoms with E-state index in [4.69, 9.17) is 0 Å². The maximum atomic E-state index is 14.2. The average molecular weight is 406 g/mol. The monoisotopic (exact) mass is 405 g/mol. The van der Waals surface area contributed by atoms with E-state index in [2.05, 4.69) is 16.6 Å². The molecule has 0 amide bonds. The Labute approximate surface area is 153 Å². The summed E-state index contributed by atoms with van der Waals surface area (Å²) in [5.41, 5.74) is -0.553. The molecule has 1 N–H and O–H groups in total. The predicted molar refractivity (Wildman–Crippen MR) is 88.8 cm³/mol. The highest BCUT2D eigenvalue weighted by Gasteiger charge is 2.74. The lowest BCUT2D eigenvalue weighted by atomic mass is 9.95. The highest BCUT2D eigenvalue weighted by molar-refractivity contribution is 6.23. The Kier molecular flexibility index (Phi) is 4.50. The number of carbonyl (C=O) groups is 1. The van der Waals surface area contributed by atoms with Crippen LogP contribution in [0.2, 0.25) is 0 Å². The van der Waals surface area contributed by atoms with Gasteiger partial charge in [0.2, 0.25) is 5.78 Å². The number of halogens is 7. The van der Waals surface area contributed by atoms with Crippen molar-refractivity contribution in [2.24, 2.45) is 0 Å². The van der Waals surface area contributed by atoms with Gasteiger partial charge in [-0.1, -0.05) is 48.5 Å². The Morgan fingerprint density at radius 1 is 0.852 bits per heavy atom. The van der Waals surface area contributed by atoms with Crippen LogP contribution in [0.5, 0.6) is 0 Å². The molecule has 1 aromatic heterocycles. The summed E-state index contributed by atoms with van der Waals surface area (Å²) in [5, 5.41) is -5.72. The topological polar surface area (TPSA) is 32.9 Å². The van der Waals surface area contributed by atoms with E-state index in [1.807, 2.05) is 0 Å². The fraction of sp³-hybridized carbons (Fsp3) is 0.167. The number of aromatic amines is 1. The first-order chi connectivity index (χ1) is 12.5. The number of nitrogens with one attached hydrogen (secondary N) is 1. The van der Waals surface area contributed by atoms with Crippen molar-refractivity contribution in [2.45, 2.75) is 17.2 Å². The molecule has 0 bridgehead atoms. The zero-order valence-corrected chi connectivity index (χ0v) is 14.0. The second kappa shape index (κ2) is 6.30. The molecule has 1 heterocycles. The van der Waals surface area contributed by atoms with Gasteiger partial charge in [-0.2, -0.15) is 26.3 Å². The molecule has 0 aliphatic carbocycles. The van der Waals surface area contributed by atoms with Crippen LogP contribution in [0.1, 0.15) is 10.4 Å². The third-order valence-corrected chi connectivity index (χ3v) is 4.27. The summed E-state index contributed by atoms with van der Waals surface area (Å²) >= 11 is 4.17. The Morgan fingerprint density at radius 2 is 1.41 bits per heavy atom. The fourth-order valence-electron chi connectivity index (χ4n) is 2.68. The molecule has 0 saturated heterocycles. The number of para-hydroxylation sites is 1. The molecule has 2 aromatic carbocycles. The van der Waals surface area contributed by atoms with Crippen LogP contribution < -0.4 is 0 Å². The summed E-state index contributed by atoms with van der Waals surface area (Å²) in [4.78, 5) is 15.1. The number of hydrogen-bond acceptors (Lipinski definition) is 1. The largest absolute Gasteiger partial charge is 0.394 e. The van der Waals surface area contributed by atoms with Crippen LogP contribution in [0, 0.1) is 0 Å². The molecule has 0 saturated carbocycles. The van der Waals surface area contributed by atoms with Gasteiger partial charge in [0, 0.05) is 10.9 Å². The summed E-state index contributed by atoms with van der Waals surface area (Å²) in [6.07, 6.45) is 0. The van der Waals surface area contributed by atoms with Crippen molar-refractivity contribution in [1.29, 1.82) is 0 Å². The van der Waals surface area contributed by atoms with E-state index < -0.39 is 28.6 Å². The Bertz CT molecular complexity index is 994. The molecule has 0 aliphatic heterocycles. The molecule has 27 heavy (non-hydrogen) atoms. The van der Waals surface area contributed by atoms with Gasteiger partial charge in [-0.05, 0) is 23.2 Å². The highest BCUT2D eigenvalue weighted by atomic mass is 35.5. The molecule has 0 atom stereocenters. The van der Waals surface area contributed by atoms with Gasteiger partial charge in [0.15, 0.2) is 0 Å².